The van der Waals surface area contributed by atoms with E-state index in [1.165, 1.54) is 11.8 Å². The van der Waals surface area contributed by atoms with Crippen LogP contribution < -0.4 is 27.4 Å². The summed E-state index contributed by atoms with van der Waals surface area (Å²) in [4.78, 5) is 70.7. The predicted molar refractivity (Wildman–Crippen MR) is 122 cm³/mol. The maximum Gasteiger partial charge on any atom is 0.326 e. The highest BCUT2D eigenvalue weighted by molar-refractivity contribution is 7.98. The summed E-state index contributed by atoms with van der Waals surface area (Å²) in [7, 11) is 0. The SMILES string of the molecule is CSCCC(NC(=O)C(N)CC(=O)O)C(=O)NC(CCCCN)C(=O)NC(CC(=O)O)C(=O)O. The molecule has 0 rings (SSSR count). The van der Waals surface area contributed by atoms with Gasteiger partial charge in [0.1, 0.15) is 18.1 Å². The number of carboxylic acid groups (broad SMARTS) is 3. The number of carbonyl (C=O) groups excluding carboxylic acids is 3. The van der Waals surface area contributed by atoms with Crippen molar-refractivity contribution in [1.82, 2.24) is 16.0 Å². The third kappa shape index (κ3) is 13.0. The van der Waals surface area contributed by atoms with Crippen LogP contribution in [0.3, 0.4) is 0 Å². The topological polar surface area (TPSA) is 251 Å². The second-order valence-electron chi connectivity index (χ2n) is 7.39. The number of nitrogens with two attached hydrogens (primary N) is 2. The summed E-state index contributed by atoms with van der Waals surface area (Å²) in [5.74, 6) is -6.37. The lowest BCUT2D eigenvalue weighted by molar-refractivity contribution is -0.147. The highest BCUT2D eigenvalue weighted by Crippen LogP contribution is 2.07. The van der Waals surface area contributed by atoms with Crippen LogP contribution in [0.15, 0.2) is 0 Å². The Morgan fingerprint density at radius 1 is 0.765 bits per heavy atom. The summed E-state index contributed by atoms with van der Waals surface area (Å²) in [6.45, 7) is 0.312. The van der Waals surface area contributed by atoms with E-state index < -0.39 is 72.6 Å². The molecule has 0 spiro atoms. The van der Waals surface area contributed by atoms with E-state index in [0.717, 1.165) is 0 Å². The van der Waals surface area contributed by atoms with Gasteiger partial charge in [0.15, 0.2) is 0 Å². The van der Waals surface area contributed by atoms with Crippen LogP contribution in [0.5, 0.6) is 0 Å². The monoisotopic (exact) mass is 507 g/mol. The molecule has 0 heterocycles. The highest BCUT2D eigenvalue weighted by Gasteiger charge is 2.31. The number of hydrogen-bond donors (Lipinski definition) is 8. The number of rotatable bonds is 18. The predicted octanol–water partition coefficient (Wildman–Crippen LogP) is -2.32. The third-order valence-electron chi connectivity index (χ3n) is 4.55. The lowest BCUT2D eigenvalue weighted by atomic mass is 10.1. The summed E-state index contributed by atoms with van der Waals surface area (Å²) in [5, 5.41) is 33.7. The molecule has 4 atom stereocenters. The second kappa shape index (κ2) is 16.7. The maximum absolute atomic E-state index is 12.9. The van der Waals surface area contributed by atoms with Gasteiger partial charge in [-0.2, -0.15) is 11.8 Å². The lowest BCUT2D eigenvalue weighted by Gasteiger charge is -2.25. The van der Waals surface area contributed by atoms with Crippen molar-refractivity contribution >= 4 is 47.4 Å². The Morgan fingerprint density at radius 2 is 1.26 bits per heavy atom. The maximum atomic E-state index is 12.9. The Hall–Kier alpha value is -2.91. The molecule has 34 heavy (non-hydrogen) atoms. The molecule has 10 N–H and O–H groups in total. The van der Waals surface area contributed by atoms with Crippen LogP contribution in [0.1, 0.15) is 38.5 Å². The molecule has 0 aromatic carbocycles. The fourth-order valence-electron chi connectivity index (χ4n) is 2.75. The molecule has 14 nitrogen and oxygen atoms in total. The molecular formula is C19H33N5O9S. The summed E-state index contributed by atoms with van der Waals surface area (Å²) in [5.41, 5.74) is 11.0. The number of hydrogen-bond acceptors (Lipinski definition) is 9. The van der Waals surface area contributed by atoms with E-state index in [1.807, 2.05) is 0 Å². The van der Waals surface area contributed by atoms with Gasteiger partial charge in [0.25, 0.3) is 0 Å². The summed E-state index contributed by atoms with van der Waals surface area (Å²) >= 11 is 1.38. The summed E-state index contributed by atoms with van der Waals surface area (Å²) in [6.07, 6.45) is 1.39. The Kier molecular flexibility index (Phi) is 15.2. The molecule has 0 radical (unpaired) electrons. The number of thioether (sulfide) groups is 1. The molecule has 0 aliphatic carbocycles. The van der Waals surface area contributed by atoms with Gasteiger partial charge >= 0.3 is 17.9 Å². The van der Waals surface area contributed by atoms with Crippen LogP contribution in [0, 0.1) is 0 Å². The zero-order chi connectivity index (χ0) is 26.3. The van der Waals surface area contributed by atoms with Crippen molar-refractivity contribution in [3.8, 4) is 0 Å². The van der Waals surface area contributed by atoms with E-state index in [-0.39, 0.29) is 12.8 Å². The largest absolute Gasteiger partial charge is 0.481 e. The van der Waals surface area contributed by atoms with Gasteiger partial charge in [-0.15, -0.1) is 0 Å². The molecule has 3 amide bonds. The van der Waals surface area contributed by atoms with E-state index in [0.29, 0.717) is 25.1 Å². The average molecular weight is 508 g/mol. The molecule has 0 saturated heterocycles. The van der Waals surface area contributed by atoms with E-state index in [2.05, 4.69) is 16.0 Å². The Bertz CT molecular complexity index is 737. The van der Waals surface area contributed by atoms with Crippen molar-refractivity contribution in [3.63, 3.8) is 0 Å². The zero-order valence-corrected chi connectivity index (χ0v) is 19.6. The molecule has 0 bridgehead atoms. The van der Waals surface area contributed by atoms with E-state index >= 15 is 0 Å². The fraction of sp³-hybridized carbons (Fsp3) is 0.684. The van der Waals surface area contributed by atoms with Crippen LogP contribution in [-0.2, 0) is 28.8 Å². The number of nitrogens with one attached hydrogen (secondary N) is 3. The van der Waals surface area contributed by atoms with Crippen LogP contribution >= 0.6 is 11.8 Å². The first kappa shape index (κ1) is 31.1. The van der Waals surface area contributed by atoms with Crippen molar-refractivity contribution in [2.45, 2.75) is 62.7 Å². The van der Waals surface area contributed by atoms with Crippen molar-refractivity contribution in [2.75, 3.05) is 18.6 Å². The van der Waals surface area contributed by atoms with E-state index in [1.54, 1.807) is 6.26 Å². The minimum atomic E-state index is -1.71. The van der Waals surface area contributed by atoms with Crippen LogP contribution in [-0.4, -0.2) is 93.7 Å². The first-order valence-electron chi connectivity index (χ1n) is 10.4. The summed E-state index contributed by atoms with van der Waals surface area (Å²) < 4.78 is 0. The van der Waals surface area contributed by atoms with Gasteiger partial charge in [-0.3, -0.25) is 24.0 Å². The zero-order valence-electron chi connectivity index (χ0n) is 18.8. The standard InChI is InChI=1S/C19H33N5O9S/c1-34-7-5-12(22-16(29)10(21)8-14(25)26)18(31)23-11(4-2-3-6-20)17(30)24-13(19(32)33)9-15(27)28/h10-13H,2-9,20-21H2,1H3,(H,22,29)(H,23,31)(H,24,30)(H,25,26)(H,27,28)(H,32,33). The van der Waals surface area contributed by atoms with E-state index in [9.17, 15) is 28.8 Å². The van der Waals surface area contributed by atoms with Crippen molar-refractivity contribution in [3.05, 3.63) is 0 Å². The lowest BCUT2D eigenvalue weighted by Crippen LogP contribution is -2.57. The fourth-order valence-corrected chi connectivity index (χ4v) is 3.22. The number of carboxylic acids is 3. The van der Waals surface area contributed by atoms with Gasteiger partial charge in [-0.25, -0.2) is 4.79 Å². The Balaban J connectivity index is 5.50. The summed E-state index contributed by atoms with van der Waals surface area (Å²) in [6, 6.07) is -5.46. The number of aliphatic carboxylic acids is 3. The Morgan fingerprint density at radius 3 is 1.74 bits per heavy atom. The van der Waals surface area contributed by atoms with Crippen molar-refractivity contribution in [2.24, 2.45) is 11.5 Å². The van der Waals surface area contributed by atoms with Crippen molar-refractivity contribution < 1.29 is 44.1 Å². The highest BCUT2D eigenvalue weighted by atomic mass is 32.2. The average Bonchev–Trinajstić information content (AvgIpc) is 2.74. The van der Waals surface area contributed by atoms with Crippen LogP contribution in [0.2, 0.25) is 0 Å². The Labute approximate surface area is 200 Å². The third-order valence-corrected chi connectivity index (χ3v) is 5.19. The number of unbranched alkanes of at least 4 members (excludes halogenated alkanes) is 1. The molecule has 4 unspecified atom stereocenters. The molecule has 0 aromatic rings. The van der Waals surface area contributed by atoms with E-state index in [4.69, 9.17) is 26.8 Å². The molecule has 0 aliphatic heterocycles. The van der Waals surface area contributed by atoms with Crippen LogP contribution in [0.4, 0.5) is 0 Å². The van der Waals surface area contributed by atoms with Gasteiger partial charge in [-0.1, -0.05) is 0 Å². The van der Waals surface area contributed by atoms with Crippen LogP contribution in [0.25, 0.3) is 0 Å². The molecule has 0 fully saturated rings. The quantitative estimate of drug-likeness (QED) is 0.0910. The molecule has 0 saturated carbocycles. The van der Waals surface area contributed by atoms with Gasteiger partial charge in [0, 0.05) is 0 Å². The molecule has 0 aliphatic rings. The number of carbonyl (C=O) groups is 6. The first-order valence-corrected chi connectivity index (χ1v) is 11.8. The minimum absolute atomic E-state index is 0.0793. The normalized spacial score (nSPS) is 14.2. The van der Waals surface area contributed by atoms with Gasteiger partial charge in [-0.05, 0) is 44.2 Å². The minimum Gasteiger partial charge on any atom is -0.481 e. The second-order valence-corrected chi connectivity index (χ2v) is 8.38. The smallest absolute Gasteiger partial charge is 0.326 e. The van der Waals surface area contributed by atoms with Gasteiger partial charge in [0.2, 0.25) is 17.7 Å². The molecule has 15 heteroatoms. The van der Waals surface area contributed by atoms with Gasteiger partial charge in [0.05, 0.1) is 18.9 Å². The first-order chi connectivity index (χ1) is 15.9. The molecular weight excluding hydrogens is 474 g/mol. The molecule has 194 valence electrons. The van der Waals surface area contributed by atoms with Gasteiger partial charge < -0.3 is 42.7 Å². The van der Waals surface area contributed by atoms with Crippen molar-refractivity contribution in [1.29, 1.82) is 0 Å². The number of amides is 3. The molecule has 0 aromatic heterocycles.